The molecule has 2 aromatic carbocycles. The number of carbonyl (C=O) groups is 2. The molecule has 0 atom stereocenters. The number of ether oxygens (including phenoxy) is 4. The summed E-state index contributed by atoms with van der Waals surface area (Å²) in [5, 5.41) is 10.4. The fraction of sp³-hybridized carbons (Fsp3) is 0.462. The summed E-state index contributed by atoms with van der Waals surface area (Å²) in [6, 6.07) is 13.2. The van der Waals surface area contributed by atoms with E-state index in [2.05, 4.69) is 0 Å². The highest BCUT2D eigenvalue weighted by Crippen LogP contribution is 2.17. The maximum atomic E-state index is 11.1. The Hall–Kier alpha value is -3.82. The Bertz CT molecular complexity index is 901. The highest BCUT2D eigenvalue weighted by Gasteiger charge is 2.05. The van der Waals surface area contributed by atoms with Gasteiger partial charge < -0.3 is 24.7 Å². The number of benzene rings is 2. The monoisotopic (exact) mass is 504 g/mol. The number of non-ortho nitro benzene ring substituents is 1. The standard InChI is InChI=1S/C13H17NO5.C13H19NO3/c1-2-18-13(15)5-3-4-10-19-12-8-6-11(7-9-12)14(16)17;1-2-16-13(15)5-3-4-10-17-12-8-6-11(14)7-9-12/h6-9H,2-5,10H2,1H3;6-9H,2-5,10,14H2,1H3. The van der Waals surface area contributed by atoms with Crippen molar-refractivity contribution in [3.8, 4) is 11.5 Å². The molecule has 0 aromatic heterocycles. The number of nitro benzene ring substituents is 1. The summed E-state index contributed by atoms with van der Waals surface area (Å²) in [6.07, 6.45) is 3.90. The second-order valence-corrected chi connectivity index (χ2v) is 7.54. The Morgan fingerprint density at radius 3 is 1.56 bits per heavy atom. The minimum absolute atomic E-state index is 0.0367. The molecule has 2 N–H and O–H groups in total. The van der Waals surface area contributed by atoms with Crippen molar-refractivity contribution < 1.29 is 33.5 Å². The van der Waals surface area contributed by atoms with Gasteiger partial charge in [0.2, 0.25) is 0 Å². The van der Waals surface area contributed by atoms with Crippen LogP contribution in [-0.2, 0) is 19.1 Å². The Labute approximate surface area is 211 Å². The summed E-state index contributed by atoms with van der Waals surface area (Å²) in [4.78, 5) is 32.1. The first kappa shape index (κ1) is 30.2. The molecule has 0 heterocycles. The topological polar surface area (TPSA) is 140 Å². The molecular formula is C26H36N2O8. The molecule has 198 valence electrons. The van der Waals surface area contributed by atoms with Gasteiger partial charge in [-0.2, -0.15) is 0 Å². The summed E-state index contributed by atoms with van der Waals surface area (Å²) in [7, 11) is 0. The van der Waals surface area contributed by atoms with E-state index >= 15 is 0 Å². The largest absolute Gasteiger partial charge is 0.494 e. The van der Waals surface area contributed by atoms with Gasteiger partial charge in [-0.3, -0.25) is 19.7 Å². The van der Waals surface area contributed by atoms with Crippen LogP contribution in [0, 0.1) is 10.1 Å². The number of carbonyl (C=O) groups excluding carboxylic acids is 2. The summed E-state index contributed by atoms with van der Waals surface area (Å²) >= 11 is 0. The van der Waals surface area contributed by atoms with E-state index in [0.717, 1.165) is 30.7 Å². The third kappa shape index (κ3) is 14.4. The number of hydrogen-bond acceptors (Lipinski definition) is 9. The van der Waals surface area contributed by atoms with E-state index in [1.54, 1.807) is 31.2 Å². The number of nitrogens with zero attached hydrogens (tertiary/aromatic N) is 1. The zero-order valence-electron chi connectivity index (χ0n) is 21.0. The van der Waals surface area contributed by atoms with Gasteiger partial charge in [-0.1, -0.05) is 0 Å². The molecule has 0 amide bonds. The normalized spacial score (nSPS) is 9.94. The first-order valence-corrected chi connectivity index (χ1v) is 12.0. The molecule has 0 saturated carbocycles. The van der Waals surface area contributed by atoms with E-state index in [-0.39, 0.29) is 17.6 Å². The molecule has 2 aromatic rings. The highest BCUT2D eigenvalue weighted by molar-refractivity contribution is 5.69. The molecule has 0 aliphatic carbocycles. The van der Waals surface area contributed by atoms with E-state index in [0.29, 0.717) is 51.4 Å². The zero-order valence-corrected chi connectivity index (χ0v) is 21.0. The summed E-state index contributed by atoms with van der Waals surface area (Å²) in [5.74, 6) is 1.05. The van der Waals surface area contributed by atoms with E-state index in [4.69, 9.17) is 24.7 Å². The summed E-state index contributed by atoms with van der Waals surface area (Å²) in [5.41, 5.74) is 6.32. The smallest absolute Gasteiger partial charge is 0.305 e. The number of anilines is 1. The molecule has 0 aliphatic heterocycles. The van der Waals surface area contributed by atoms with Crippen molar-refractivity contribution in [1.29, 1.82) is 0 Å². The molecule has 0 spiro atoms. The van der Waals surface area contributed by atoms with Gasteiger partial charge in [0.25, 0.3) is 5.69 Å². The lowest BCUT2D eigenvalue weighted by atomic mass is 10.2. The number of nitrogens with two attached hydrogens (primary N) is 1. The maximum Gasteiger partial charge on any atom is 0.305 e. The summed E-state index contributed by atoms with van der Waals surface area (Å²) < 4.78 is 20.5. The molecule has 10 heteroatoms. The van der Waals surface area contributed by atoms with Crippen LogP contribution in [-0.4, -0.2) is 43.3 Å². The highest BCUT2D eigenvalue weighted by atomic mass is 16.6. The molecule has 36 heavy (non-hydrogen) atoms. The number of hydrogen-bond donors (Lipinski definition) is 1. The van der Waals surface area contributed by atoms with Crippen molar-refractivity contribution in [3.63, 3.8) is 0 Å². The van der Waals surface area contributed by atoms with Gasteiger partial charge in [0.15, 0.2) is 0 Å². The van der Waals surface area contributed by atoms with Crippen LogP contribution in [0.1, 0.15) is 52.4 Å². The number of rotatable bonds is 15. The second-order valence-electron chi connectivity index (χ2n) is 7.54. The molecule has 0 bridgehead atoms. The van der Waals surface area contributed by atoms with Crippen LogP contribution in [0.2, 0.25) is 0 Å². The van der Waals surface area contributed by atoms with Gasteiger partial charge >= 0.3 is 11.9 Å². The average molecular weight is 505 g/mol. The van der Waals surface area contributed by atoms with Crippen molar-refractivity contribution in [2.45, 2.75) is 52.4 Å². The molecule has 10 nitrogen and oxygen atoms in total. The molecule has 0 radical (unpaired) electrons. The lowest BCUT2D eigenvalue weighted by Gasteiger charge is -2.06. The van der Waals surface area contributed by atoms with Crippen LogP contribution in [0.4, 0.5) is 11.4 Å². The van der Waals surface area contributed by atoms with Gasteiger partial charge in [0.1, 0.15) is 11.5 Å². The van der Waals surface area contributed by atoms with Gasteiger partial charge in [0, 0.05) is 30.7 Å². The zero-order chi connectivity index (χ0) is 26.6. The first-order valence-electron chi connectivity index (χ1n) is 12.0. The van der Waals surface area contributed by atoms with Crippen LogP contribution >= 0.6 is 0 Å². The van der Waals surface area contributed by atoms with Crippen molar-refractivity contribution in [1.82, 2.24) is 0 Å². The molecule has 2 rings (SSSR count). The van der Waals surface area contributed by atoms with E-state index < -0.39 is 4.92 Å². The number of unbranched alkanes of at least 4 members (excludes halogenated alkanes) is 2. The lowest BCUT2D eigenvalue weighted by molar-refractivity contribution is -0.384. The fourth-order valence-corrected chi connectivity index (χ4v) is 2.82. The fourth-order valence-electron chi connectivity index (χ4n) is 2.82. The number of nitrogen functional groups attached to an aromatic ring is 1. The number of esters is 2. The first-order chi connectivity index (χ1) is 17.3. The minimum Gasteiger partial charge on any atom is -0.494 e. The maximum absolute atomic E-state index is 11.1. The van der Waals surface area contributed by atoms with Crippen molar-refractivity contribution in [2.75, 3.05) is 32.2 Å². The quantitative estimate of drug-likeness (QED) is 0.115. The molecule has 0 fully saturated rings. The lowest BCUT2D eigenvalue weighted by Crippen LogP contribution is -2.05. The van der Waals surface area contributed by atoms with Crippen molar-refractivity contribution >= 4 is 23.3 Å². The van der Waals surface area contributed by atoms with Crippen LogP contribution in [0.5, 0.6) is 11.5 Å². The van der Waals surface area contributed by atoms with E-state index in [1.807, 2.05) is 19.1 Å². The minimum atomic E-state index is -0.455. The number of nitro groups is 1. The molecular weight excluding hydrogens is 468 g/mol. The van der Waals surface area contributed by atoms with Crippen molar-refractivity contribution in [2.24, 2.45) is 0 Å². The van der Waals surface area contributed by atoms with Crippen LogP contribution in [0.25, 0.3) is 0 Å². The van der Waals surface area contributed by atoms with Crippen LogP contribution in [0.15, 0.2) is 48.5 Å². The third-order valence-electron chi connectivity index (χ3n) is 4.63. The average Bonchev–Trinajstić information content (AvgIpc) is 2.86. The van der Waals surface area contributed by atoms with Gasteiger partial charge in [0.05, 0.1) is 31.4 Å². The molecule has 0 unspecified atom stereocenters. The Balaban J connectivity index is 0.000000362. The van der Waals surface area contributed by atoms with Crippen LogP contribution < -0.4 is 15.2 Å². The second kappa shape index (κ2) is 18.5. The Morgan fingerprint density at radius 1 is 0.750 bits per heavy atom. The van der Waals surface area contributed by atoms with Gasteiger partial charge in [-0.25, -0.2) is 0 Å². The van der Waals surface area contributed by atoms with E-state index in [9.17, 15) is 19.7 Å². The Morgan fingerprint density at radius 2 is 1.17 bits per heavy atom. The third-order valence-corrected chi connectivity index (χ3v) is 4.63. The van der Waals surface area contributed by atoms with Gasteiger partial charge in [-0.05, 0) is 75.9 Å². The van der Waals surface area contributed by atoms with Crippen molar-refractivity contribution in [3.05, 3.63) is 58.6 Å². The molecule has 0 saturated heterocycles. The van der Waals surface area contributed by atoms with Gasteiger partial charge in [-0.15, -0.1) is 0 Å². The molecule has 0 aliphatic rings. The SMILES string of the molecule is CCOC(=O)CCCCOc1ccc(N)cc1.CCOC(=O)CCCCOc1ccc([N+](=O)[O-])cc1. The van der Waals surface area contributed by atoms with E-state index in [1.165, 1.54) is 12.1 Å². The predicted molar refractivity (Wildman–Crippen MR) is 136 cm³/mol. The Kier molecular flexibility index (Phi) is 15.5. The van der Waals surface area contributed by atoms with Crippen LogP contribution in [0.3, 0.4) is 0 Å². The predicted octanol–water partition coefficient (Wildman–Crippen LogP) is 5.09. The summed E-state index contributed by atoms with van der Waals surface area (Å²) in [6.45, 7) is 5.50.